The number of aryl methyl sites for hydroxylation is 1. The van der Waals surface area contributed by atoms with Crippen molar-refractivity contribution >= 4 is 23.0 Å². The fourth-order valence-corrected chi connectivity index (χ4v) is 2.35. The molecule has 1 heterocycles. The van der Waals surface area contributed by atoms with Crippen molar-refractivity contribution in [2.45, 2.75) is 45.8 Å². The van der Waals surface area contributed by atoms with Gasteiger partial charge >= 0.3 is 12.1 Å². The lowest BCUT2D eigenvalue weighted by Crippen LogP contribution is -2.44. The average molecular weight is 318 g/mol. The predicted octanol–water partition coefficient (Wildman–Crippen LogP) is 3.00. The Labute approximate surface area is 134 Å². The number of aliphatic carboxylic acids is 1. The third-order valence-electron chi connectivity index (χ3n) is 3.33. The molecule has 3 N–H and O–H groups in total. The van der Waals surface area contributed by atoms with Crippen molar-refractivity contribution in [2.75, 3.05) is 0 Å². The van der Waals surface area contributed by atoms with Crippen LogP contribution in [0.2, 0.25) is 0 Å². The van der Waals surface area contributed by atoms with Crippen LogP contribution in [0, 0.1) is 6.92 Å². The van der Waals surface area contributed by atoms with Gasteiger partial charge in [0.2, 0.25) is 0 Å². The van der Waals surface area contributed by atoms with E-state index in [9.17, 15) is 14.7 Å². The molecular weight excluding hydrogens is 296 g/mol. The highest BCUT2D eigenvalue weighted by molar-refractivity contribution is 5.84. The molecule has 0 bridgehead atoms. The molecular formula is C17H22N2O4. The summed E-state index contributed by atoms with van der Waals surface area (Å²) in [6.07, 6.45) is -0.583. The van der Waals surface area contributed by atoms with E-state index in [2.05, 4.69) is 10.3 Å². The number of alkyl carbamates (subject to hydrolysis) is 1. The van der Waals surface area contributed by atoms with Gasteiger partial charge in [0.15, 0.2) is 0 Å². The second-order valence-corrected chi connectivity index (χ2v) is 6.57. The summed E-state index contributed by atoms with van der Waals surface area (Å²) in [7, 11) is 0. The number of ether oxygens (including phenoxy) is 1. The number of carboxylic acids is 1. The zero-order chi connectivity index (χ0) is 17.2. The maximum atomic E-state index is 11.8. The smallest absolute Gasteiger partial charge is 0.408 e. The van der Waals surface area contributed by atoms with Gasteiger partial charge in [0.25, 0.3) is 0 Å². The fraction of sp³-hybridized carbons (Fsp3) is 0.412. The molecule has 1 atom stereocenters. The van der Waals surface area contributed by atoms with E-state index in [-0.39, 0.29) is 6.42 Å². The molecule has 1 amide bonds. The summed E-state index contributed by atoms with van der Waals surface area (Å²) >= 11 is 0. The molecule has 2 rings (SSSR count). The van der Waals surface area contributed by atoms with Crippen LogP contribution in [0.15, 0.2) is 24.3 Å². The number of rotatable bonds is 4. The molecule has 1 aromatic carbocycles. The molecule has 23 heavy (non-hydrogen) atoms. The summed E-state index contributed by atoms with van der Waals surface area (Å²) in [6, 6.07) is 6.73. The number of amides is 1. The third-order valence-corrected chi connectivity index (χ3v) is 3.33. The third kappa shape index (κ3) is 4.48. The van der Waals surface area contributed by atoms with Gasteiger partial charge in [-0.05, 0) is 44.7 Å². The van der Waals surface area contributed by atoms with Gasteiger partial charge in [-0.3, -0.25) is 0 Å². The normalized spacial score (nSPS) is 12.9. The first-order valence-corrected chi connectivity index (χ1v) is 7.45. The summed E-state index contributed by atoms with van der Waals surface area (Å²) in [5, 5.41) is 12.7. The monoisotopic (exact) mass is 318 g/mol. The van der Waals surface area contributed by atoms with Crippen LogP contribution in [0.3, 0.4) is 0 Å². The van der Waals surface area contributed by atoms with Crippen LogP contribution in [-0.4, -0.2) is 33.8 Å². The molecule has 6 nitrogen and oxygen atoms in total. The van der Waals surface area contributed by atoms with E-state index in [1.165, 1.54) is 0 Å². The quantitative estimate of drug-likeness (QED) is 0.808. The Morgan fingerprint density at radius 3 is 2.61 bits per heavy atom. The molecule has 1 unspecified atom stereocenters. The van der Waals surface area contributed by atoms with Crippen molar-refractivity contribution in [3.8, 4) is 0 Å². The van der Waals surface area contributed by atoms with Crippen LogP contribution in [0.4, 0.5) is 4.79 Å². The number of hydrogen-bond donors (Lipinski definition) is 3. The van der Waals surface area contributed by atoms with Crippen LogP contribution in [0.25, 0.3) is 10.9 Å². The Hall–Kier alpha value is -2.50. The van der Waals surface area contributed by atoms with Gasteiger partial charge in [0.05, 0.1) is 0 Å². The average Bonchev–Trinajstić information content (AvgIpc) is 2.79. The van der Waals surface area contributed by atoms with Gasteiger partial charge < -0.3 is 20.1 Å². The minimum Gasteiger partial charge on any atom is -0.480 e. The van der Waals surface area contributed by atoms with Gasteiger partial charge in [-0.25, -0.2) is 9.59 Å². The molecule has 124 valence electrons. The minimum atomic E-state index is -1.11. The van der Waals surface area contributed by atoms with E-state index in [4.69, 9.17) is 4.74 Å². The lowest BCUT2D eigenvalue weighted by Gasteiger charge is -2.21. The van der Waals surface area contributed by atoms with Crippen LogP contribution >= 0.6 is 0 Å². The highest BCUT2D eigenvalue weighted by atomic mass is 16.6. The Kier molecular flexibility index (Phi) is 4.63. The zero-order valence-corrected chi connectivity index (χ0v) is 13.8. The summed E-state index contributed by atoms with van der Waals surface area (Å²) in [4.78, 5) is 26.4. The van der Waals surface area contributed by atoms with Crippen LogP contribution < -0.4 is 5.32 Å². The minimum absolute atomic E-state index is 0.155. The van der Waals surface area contributed by atoms with Crippen molar-refractivity contribution in [1.29, 1.82) is 0 Å². The first-order valence-electron chi connectivity index (χ1n) is 7.45. The number of para-hydroxylation sites is 1. The summed E-state index contributed by atoms with van der Waals surface area (Å²) in [5.74, 6) is -1.11. The van der Waals surface area contributed by atoms with Crippen LogP contribution in [0.1, 0.15) is 32.0 Å². The number of H-pyrrole nitrogens is 1. The number of aromatic amines is 1. The van der Waals surface area contributed by atoms with E-state index in [0.29, 0.717) is 0 Å². The number of nitrogens with one attached hydrogen (secondary N) is 2. The highest BCUT2D eigenvalue weighted by Crippen LogP contribution is 2.19. The number of carboxylic acid groups (broad SMARTS) is 1. The molecule has 0 saturated carbocycles. The Bertz CT molecular complexity index is 728. The first kappa shape index (κ1) is 16.9. The first-order chi connectivity index (χ1) is 10.7. The van der Waals surface area contributed by atoms with E-state index in [1.54, 1.807) is 20.8 Å². The molecule has 0 radical (unpaired) electrons. The second-order valence-electron chi connectivity index (χ2n) is 6.57. The molecule has 0 saturated heterocycles. The van der Waals surface area contributed by atoms with E-state index < -0.39 is 23.7 Å². The molecule has 1 aromatic heterocycles. The van der Waals surface area contributed by atoms with Crippen molar-refractivity contribution < 1.29 is 19.4 Å². The molecule has 0 spiro atoms. The SMILES string of the molecule is Cc1cccc2cc(CC(NC(=O)OC(C)(C)C)C(=O)O)[nH]c12. The van der Waals surface area contributed by atoms with Crippen LogP contribution in [-0.2, 0) is 16.0 Å². The topological polar surface area (TPSA) is 91.4 Å². The van der Waals surface area contributed by atoms with Crippen molar-refractivity contribution in [1.82, 2.24) is 10.3 Å². The summed E-state index contributed by atoms with van der Waals surface area (Å²) < 4.78 is 5.11. The van der Waals surface area contributed by atoms with Gasteiger partial charge in [-0.2, -0.15) is 0 Å². The summed E-state index contributed by atoms with van der Waals surface area (Å²) in [6.45, 7) is 7.16. The Morgan fingerprint density at radius 1 is 1.35 bits per heavy atom. The largest absolute Gasteiger partial charge is 0.480 e. The number of carbonyl (C=O) groups excluding carboxylic acids is 1. The molecule has 0 aliphatic heterocycles. The lowest BCUT2D eigenvalue weighted by atomic mass is 10.1. The molecule has 2 aromatic rings. The van der Waals surface area contributed by atoms with Crippen molar-refractivity contribution in [3.05, 3.63) is 35.5 Å². The van der Waals surface area contributed by atoms with Gasteiger partial charge in [0, 0.05) is 17.6 Å². The Morgan fingerprint density at radius 2 is 2.04 bits per heavy atom. The molecule has 0 fully saturated rings. The Balaban J connectivity index is 2.13. The lowest BCUT2D eigenvalue weighted by molar-refractivity contribution is -0.139. The molecule has 0 aliphatic rings. The maximum absolute atomic E-state index is 11.8. The zero-order valence-electron chi connectivity index (χ0n) is 13.8. The van der Waals surface area contributed by atoms with Gasteiger partial charge in [-0.15, -0.1) is 0 Å². The number of hydrogen-bond acceptors (Lipinski definition) is 3. The number of aromatic nitrogens is 1. The van der Waals surface area contributed by atoms with Gasteiger partial charge in [-0.1, -0.05) is 18.2 Å². The van der Waals surface area contributed by atoms with E-state index >= 15 is 0 Å². The summed E-state index contributed by atoms with van der Waals surface area (Å²) in [5.41, 5.74) is 2.13. The molecule has 6 heteroatoms. The van der Waals surface area contributed by atoms with Crippen LogP contribution in [0.5, 0.6) is 0 Å². The number of fused-ring (bicyclic) bond motifs is 1. The molecule has 0 aliphatic carbocycles. The predicted molar refractivity (Wildman–Crippen MR) is 87.5 cm³/mol. The fourth-order valence-electron chi connectivity index (χ4n) is 2.35. The van der Waals surface area contributed by atoms with Crippen molar-refractivity contribution in [3.63, 3.8) is 0 Å². The number of benzene rings is 1. The van der Waals surface area contributed by atoms with E-state index in [0.717, 1.165) is 22.2 Å². The number of carbonyl (C=O) groups is 2. The highest BCUT2D eigenvalue weighted by Gasteiger charge is 2.24. The standard InChI is InChI=1S/C17H22N2O4/c1-10-6-5-7-11-8-12(18-14(10)11)9-13(15(20)21)19-16(22)23-17(2,3)4/h5-8,13,18H,9H2,1-4H3,(H,19,22)(H,20,21). The van der Waals surface area contributed by atoms with E-state index in [1.807, 2.05) is 31.2 Å². The second kappa shape index (κ2) is 6.32. The van der Waals surface area contributed by atoms with Crippen molar-refractivity contribution in [2.24, 2.45) is 0 Å². The maximum Gasteiger partial charge on any atom is 0.408 e. The van der Waals surface area contributed by atoms with Gasteiger partial charge in [0.1, 0.15) is 11.6 Å².